The van der Waals surface area contributed by atoms with E-state index in [0.29, 0.717) is 29.2 Å². The summed E-state index contributed by atoms with van der Waals surface area (Å²) in [6.07, 6.45) is 4.74. The molecule has 7 nitrogen and oxygen atoms in total. The van der Waals surface area contributed by atoms with Gasteiger partial charge in [-0.05, 0) is 72.4 Å². The van der Waals surface area contributed by atoms with Crippen LogP contribution in [0.2, 0.25) is 0 Å². The molecule has 40 heavy (non-hydrogen) atoms. The van der Waals surface area contributed by atoms with Gasteiger partial charge < -0.3 is 25.0 Å². The van der Waals surface area contributed by atoms with Crippen molar-refractivity contribution in [3.8, 4) is 0 Å². The van der Waals surface area contributed by atoms with E-state index in [2.05, 4.69) is 31.3 Å². The fourth-order valence-electron chi connectivity index (χ4n) is 7.33. The van der Waals surface area contributed by atoms with E-state index < -0.39 is 6.10 Å². The summed E-state index contributed by atoms with van der Waals surface area (Å²) in [7, 11) is 1.78. The molecule has 1 saturated carbocycles. The Balaban J connectivity index is 0.00000323. The third-order valence-corrected chi connectivity index (χ3v) is 9.85. The molecule has 2 amide bonds. The summed E-state index contributed by atoms with van der Waals surface area (Å²) < 4.78 is 5.48. The van der Waals surface area contributed by atoms with Gasteiger partial charge in [-0.2, -0.15) is 0 Å². The minimum Gasteiger partial charge on any atom is -0.390 e. The van der Waals surface area contributed by atoms with E-state index >= 15 is 0 Å². The van der Waals surface area contributed by atoms with Crippen LogP contribution in [0.25, 0.3) is 0 Å². The number of carbonyl (C=O) groups is 2. The third kappa shape index (κ3) is 5.29. The van der Waals surface area contributed by atoms with Gasteiger partial charge >= 0.3 is 0 Å². The van der Waals surface area contributed by atoms with Gasteiger partial charge in [0.15, 0.2) is 0 Å². The largest absolute Gasteiger partial charge is 0.390 e. The number of fused-ring (bicyclic) bond motifs is 2. The van der Waals surface area contributed by atoms with Crippen LogP contribution in [-0.4, -0.2) is 78.3 Å². The minimum absolute atomic E-state index is 0. The van der Waals surface area contributed by atoms with Gasteiger partial charge in [-0.1, -0.05) is 38.1 Å². The Labute approximate surface area is 243 Å². The van der Waals surface area contributed by atoms with Crippen LogP contribution in [0.1, 0.15) is 76.9 Å². The number of rotatable bonds is 5. The molecule has 0 bridgehead atoms. The number of amides is 2. The highest BCUT2D eigenvalue weighted by molar-refractivity contribution is 6.00. The van der Waals surface area contributed by atoms with Crippen LogP contribution in [0, 0.1) is 5.41 Å². The van der Waals surface area contributed by atoms with Crippen molar-refractivity contribution >= 4 is 24.2 Å². The Kier molecular flexibility index (Phi) is 8.05. The zero-order valence-corrected chi connectivity index (χ0v) is 24.6. The molecule has 1 spiro atoms. The number of carbonyl (C=O) groups excluding carboxylic acids is 2. The van der Waals surface area contributed by atoms with E-state index in [9.17, 15) is 14.7 Å². The Hall–Kier alpha value is -2.45. The average molecular weight is 568 g/mol. The second-order valence-corrected chi connectivity index (χ2v) is 12.9. The quantitative estimate of drug-likeness (QED) is 0.572. The number of benzene rings is 2. The van der Waals surface area contributed by atoms with Crippen molar-refractivity contribution in [2.24, 2.45) is 5.41 Å². The van der Waals surface area contributed by atoms with Crippen LogP contribution >= 0.6 is 12.4 Å². The number of β-amino-alcohol motifs (C(OH)–C–C–N with tert-alkyl or cyclic N) is 1. The average Bonchev–Trinajstić information content (AvgIpc) is 2.93. The Morgan fingerprint density at radius 3 is 2.52 bits per heavy atom. The van der Waals surface area contributed by atoms with Gasteiger partial charge in [-0.15, -0.1) is 12.4 Å². The van der Waals surface area contributed by atoms with Crippen molar-refractivity contribution in [2.75, 3.05) is 33.3 Å². The first-order valence-electron chi connectivity index (χ1n) is 14.4. The zero-order valence-electron chi connectivity index (χ0n) is 23.8. The van der Waals surface area contributed by atoms with E-state index in [4.69, 9.17) is 4.74 Å². The first-order chi connectivity index (χ1) is 18.7. The monoisotopic (exact) mass is 567 g/mol. The number of methoxy groups -OCH3 is 1. The van der Waals surface area contributed by atoms with Crippen LogP contribution in [0.15, 0.2) is 42.5 Å². The molecule has 2 fully saturated rings. The number of hydrogen-bond donors (Lipinski definition) is 2. The number of halogens is 1. The molecule has 4 aliphatic rings. The number of nitrogens with one attached hydrogen (secondary N) is 1. The van der Waals surface area contributed by atoms with Gasteiger partial charge in [-0.25, -0.2) is 0 Å². The molecule has 6 rings (SSSR count). The Bertz CT molecular complexity index is 1260. The van der Waals surface area contributed by atoms with Crippen molar-refractivity contribution in [3.63, 3.8) is 0 Å². The summed E-state index contributed by atoms with van der Waals surface area (Å²) >= 11 is 0. The number of nitrogens with zero attached hydrogens (tertiary/aromatic N) is 2. The molecule has 3 aliphatic heterocycles. The predicted octanol–water partition coefficient (Wildman–Crippen LogP) is 3.95. The minimum atomic E-state index is -0.669. The van der Waals surface area contributed by atoms with Crippen LogP contribution in [0.5, 0.6) is 0 Å². The van der Waals surface area contributed by atoms with Gasteiger partial charge in [0.1, 0.15) is 0 Å². The van der Waals surface area contributed by atoms with Crippen molar-refractivity contribution < 1.29 is 19.4 Å². The number of piperidine rings is 1. The van der Waals surface area contributed by atoms with Gasteiger partial charge in [0.05, 0.1) is 12.2 Å². The Morgan fingerprint density at radius 1 is 1.12 bits per heavy atom. The molecule has 0 aromatic heterocycles. The van der Waals surface area contributed by atoms with Gasteiger partial charge in [0, 0.05) is 62.4 Å². The second kappa shape index (κ2) is 11.1. The molecule has 0 radical (unpaired) electrons. The molecular weight excluding hydrogens is 526 g/mol. The van der Waals surface area contributed by atoms with Crippen molar-refractivity contribution in [1.82, 2.24) is 15.1 Å². The smallest absolute Gasteiger partial charge is 0.254 e. The third-order valence-electron chi connectivity index (χ3n) is 9.85. The Morgan fingerprint density at radius 2 is 1.82 bits per heavy atom. The maximum absolute atomic E-state index is 13.6. The lowest BCUT2D eigenvalue weighted by Crippen LogP contribution is -2.54. The molecule has 1 saturated heterocycles. The standard InChI is InChI=1S/C32H41N3O4.ClH/c1-31(2)20-35(19-28(36)27-15-21-6-4-5-7-23(21)18-33-27)30(38)25-9-8-22(14-26(25)31)29(37)34-12-10-32(11-13-34)16-24(17-32)39-3;/h4-9,14,24,27-28,33,36H,10-13,15-20H2,1-3H3;1H/t27-,28+;/m0./s1. The van der Waals surface area contributed by atoms with Crippen molar-refractivity contribution in [2.45, 2.75) is 76.2 Å². The highest BCUT2D eigenvalue weighted by Gasteiger charge is 2.47. The summed E-state index contributed by atoms with van der Waals surface area (Å²) in [6.45, 7) is 7.30. The molecule has 2 N–H and O–H groups in total. The predicted molar refractivity (Wildman–Crippen MR) is 157 cm³/mol. The summed E-state index contributed by atoms with van der Waals surface area (Å²) in [5.74, 6) is -0.0174. The molecule has 2 aromatic rings. The van der Waals surface area contributed by atoms with Gasteiger partial charge in [-0.3, -0.25) is 9.59 Å². The first kappa shape index (κ1) is 29.1. The number of likely N-dealkylation sites (tertiary alicyclic amines) is 1. The molecular formula is C32H42ClN3O4. The van der Waals surface area contributed by atoms with Crippen molar-refractivity contribution in [3.05, 3.63) is 70.3 Å². The number of aliphatic hydroxyl groups excluding tert-OH is 1. The summed E-state index contributed by atoms with van der Waals surface area (Å²) in [5.41, 5.74) is 4.75. The molecule has 2 atom stereocenters. The number of hydrogen-bond acceptors (Lipinski definition) is 5. The molecule has 3 heterocycles. The normalized spacial score (nSPS) is 24.0. The van der Waals surface area contributed by atoms with Crippen LogP contribution in [0.3, 0.4) is 0 Å². The van der Waals surface area contributed by atoms with Crippen LogP contribution < -0.4 is 5.32 Å². The SMILES string of the molecule is COC1CC2(CCN(C(=O)c3ccc4c(c3)C(C)(C)CN(C[C@@H](O)[C@@H]3Cc5ccccc5CN3)C4=O)CC2)C1.Cl. The van der Waals surface area contributed by atoms with E-state index in [1.807, 2.05) is 35.2 Å². The van der Waals surface area contributed by atoms with E-state index in [1.165, 1.54) is 11.1 Å². The second-order valence-electron chi connectivity index (χ2n) is 12.9. The fraction of sp³-hybridized carbons (Fsp3) is 0.562. The molecule has 1 aliphatic carbocycles. The van der Waals surface area contributed by atoms with Crippen LogP contribution in [-0.2, 0) is 23.1 Å². The lowest BCUT2D eigenvalue weighted by Gasteiger charge is -2.51. The van der Waals surface area contributed by atoms with E-state index in [0.717, 1.165) is 57.3 Å². The fourth-order valence-corrected chi connectivity index (χ4v) is 7.33. The lowest BCUT2D eigenvalue weighted by atomic mass is 9.61. The van der Waals surface area contributed by atoms with E-state index in [-0.39, 0.29) is 42.2 Å². The molecule has 216 valence electrons. The number of ether oxygens (including phenoxy) is 1. The topological polar surface area (TPSA) is 82.1 Å². The molecule has 0 unspecified atom stereocenters. The van der Waals surface area contributed by atoms with E-state index in [1.54, 1.807) is 12.0 Å². The summed E-state index contributed by atoms with van der Waals surface area (Å²) in [5, 5.41) is 14.6. The first-order valence-corrected chi connectivity index (χ1v) is 14.4. The van der Waals surface area contributed by atoms with Gasteiger partial charge in [0.2, 0.25) is 0 Å². The maximum Gasteiger partial charge on any atom is 0.254 e. The van der Waals surface area contributed by atoms with Crippen molar-refractivity contribution in [1.29, 1.82) is 0 Å². The van der Waals surface area contributed by atoms with Gasteiger partial charge in [0.25, 0.3) is 11.8 Å². The highest BCUT2D eigenvalue weighted by Crippen LogP contribution is 2.50. The molecule has 8 heteroatoms. The molecule has 2 aromatic carbocycles. The summed E-state index contributed by atoms with van der Waals surface area (Å²) in [4.78, 5) is 30.8. The summed E-state index contributed by atoms with van der Waals surface area (Å²) in [6, 6.07) is 13.8. The lowest BCUT2D eigenvalue weighted by molar-refractivity contribution is -0.0841. The number of aliphatic hydroxyl groups is 1. The zero-order chi connectivity index (χ0) is 27.4. The highest BCUT2D eigenvalue weighted by atomic mass is 35.5. The maximum atomic E-state index is 13.6. The van der Waals surface area contributed by atoms with Crippen LogP contribution in [0.4, 0.5) is 0 Å².